The second-order valence-corrected chi connectivity index (χ2v) is 7.14. The van der Waals surface area contributed by atoms with Crippen LogP contribution >= 0.6 is 0 Å². The summed E-state index contributed by atoms with van der Waals surface area (Å²) in [5.74, 6) is -2.18. The van der Waals surface area contributed by atoms with Crippen molar-refractivity contribution in [1.82, 2.24) is 5.32 Å². The number of benzene rings is 3. The zero-order valence-corrected chi connectivity index (χ0v) is 17.2. The molecule has 0 spiro atoms. The smallest absolute Gasteiger partial charge is 0.335 e. The molecule has 0 bridgehead atoms. The Morgan fingerprint density at radius 3 is 2.21 bits per heavy atom. The van der Waals surface area contributed by atoms with E-state index in [4.69, 9.17) is 4.74 Å². The number of carboxylic acids is 1. The van der Waals surface area contributed by atoms with Gasteiger partial charge in [-0.25, -0.2) is 9.69 Å². The average molecular weight is 441 g/mol. The van der Waals surface area contributed by atoms with E-state index < -0.39 is 23.8 Å². The minimum absolute atomic E-state index is 0.0879. The maximum atomic E-state index is 12.9. The molecule has 164 valence electrons. The number of hydrogen-bond donors (Lipinski definition) is 1. The highest BCUT2D eigenvalue weighted by Gasteiger charge is 2.36. The van der Waals surface area contributed by atoms with Crippen LogP contribution in [-0.4, -0.2) is 23.8 Å². The number of nitrogens with zero attached hydrogens (tertiary/aromatic N) is 1. The molecule has 0 saturated carbocycles. The number of carbonyl (C=O) groups is 4. The number of para-hydroxylation sites is 1. The van der Waals surface area contributed by atoms with Crippen molar-refractivity contribution in [2.24, 2.45) is 0 Å². The topological polar surface area (TPSA) is 116 Å². The lowest BCUT2D eigenvalue weighted by molar-refractivity contribution is -0.255. The molecule has 4 rings (SSSR count). The van der Waals surface area contributed by atoms with Crippen molar-refractivity contribution in [3.63, 3.8) is 0 Å². The van der Waals surface area contributed by atoms with Gasteiger partial charge >= 0.3 is 6.03 Å². The summed E-state index contributed by atoms with van der Waals surface area (Å²) in [6.07, 6.45) is 1.41. The number of barbiturate groups is 1. The second kappa shape index (κ2) is 9.19. The standard InChI is InChI=1S/C25H18N2O6/c28-22-21(23(29)27(25(32)26-22)19-4-2-1-3-5-19)14-16-8-12-20(13-9-16)33-15-17-6-10-18(11-7-17)24(30)31/h1-14H,15H2,(H,30,31)(H,26,28,32)/p-1/b21-14+. The molecule has 1 aliphatic rings. The Bertz CT molecular complexity index is 1250. The summed E-state index contributed by atoms with van der Waals surface area (Å²) in [5, 5.41) is 13.0. The summed E-state index contributed by atoms with van der Waals surface area (Å²) >= 11 is 0. The molecule has 0 aromatic heterocycles. The van der Waals surface area contributed by atoms with Gasteiger partial charge in [0.05, 0.1) is 11.7 Å². The van der Waals surface area contributed by atoms with Crippen molar-refractivity contribution in [2.75, 3.05) is 4.90 Å². The molecule has 0 unspecified atom stereocenters. The van der Waals surface area contributed by atoms with E-state index in [1.54, 1.807) is 66.7 Å². The molecule has 0 atom stereocenters. The molecule has 3 aromatic carbocycles. The van der Waals surface area contributed by atoms with Gasteiger partial charge in [-0.2, -0.15) is 0 Å². The molecule has 3 aromatic rings. The van der Waals surface area contributed by atoms with Crippen molar-refractivity contribution < 1.29 is 29.0 Å². The van der Waals surface area contributed by atoms with Crippen LogP contribution < -0.4 is 20.1 Å². The average Bonchev–Trinajstić information content (AvgIpc) is 2.82. The van der Waals surface area contributed by atoms with Gasteiger partial charge in [0.15, 0.2) is 0 Å². The number of rotatable bonds is 6. The van der Waals surface area contributed by atoms with Gasteiger partial charge in [0, 0.05) is 0 Å². The van der Waals surface area contributed by atoms with Crippen LogP contribution in [0.5, 0.6) is 5.75 Å². The number of imide groups is 2. The third-order valence-electron chi connectivity index (χ3n) is 4.90. The molecule has 0 radical (unpaired) electrons. The molecule has 33 heavy (non-hydrogen) atoms. The molecule has 1 heterocycles. The lowest BCUT2D eigenvalue weighted by atomic mass is 10.1. The van der Waals surface area contributed by atoms with Gasteiger partial charge in [0.2, 0.25) is 0 Å². The number of amides is 4. The Hall–Kier alpha value is -4.72. The van der Waals surface area contributed by atoms with Gasteiger partial charge in [0.1, 0.15) is 17.9 Å². The number of nitrogens with one attached hydrogen (secondary N) is 1. The van der Waals surface area contributed by atoms with E-state index in [9.17, 15) is 24.3 Å². The first-order valence-electron chi connectivity index (χ1n) is 9.92. The maximum Gasteiger partial charge on any atom is 0.335 e. The van der Waals surface area contributed by atoms with Gasteiger partial charge < -0.3 is 14.6 Å². The summed E-state index contributed by atoms with van der Waals surface area (Å²) in [5.41, 5.74) is 1.63. The number of carbonyl (C=O) groups excluding carboxylic acids is 4. The van der Waals surface area contributed by atoms with Crippen molar-refractivity contribution in [2.45, 2.75) is 6.61 Å². The molecular formula is C25H17N2O6-. The van der Waals surface area contributed by atoms with E-state index in [0.29, 0.717) is 17.0 Å². The van der Waals surface area contributed by atoms with Gasteiger partial charge in [-0.3, -0.25) is 14.9 Å². The third kappa shape index (κ3) is 4.80. The normalized spacial score (nSPS) is 14.8. The summed E-state index contributed by atoms with van der Waals surface area (Å²) in [6.45, 7) is 0.225. The molecule has 1 N–H and O–H groups in total. The first-order valence-corrected chi connectivity index (χ1v) is 9.92. The molecule has 1 fully saturated rings. The van der Waals surface area contributed by atoms with E-state index in [0.717, 1.165) is 10.5 Å². The number of ether oxygens (including phenoxy) is 1. The van der Waals surface area contributed by atoms with Gasteiger partial charge in [-0.15, -0.1) is 0 Å². The van der Waals surface area contributed by atoms with Crippen LogP contribution in [0.2, 0.25) is 0 Å². The Morgan fingerprint density at radius 1 is 0.909 bits per heavy atom. The molecule has 1 aliphatic heterocycles. The Balaban J connectivity index is 1.47. The maximum absolute atomic E-state index is 12.9. The van der Waals surface area contributed by atoms with E-state index in [1.807, 2.05) is 0 Å². The fourth-order valence-electron chi connectivity index (χ4n) is 3.20. The number of aromatic carboxylic acids is 1. The van der Waals surface area contributed by atoms with Gasteiger partial charge in [0.25, 0.3) is 11.8 Å². The first kappa shape index (κ1) is 21.5. The van der Waals surface area contributed by atoms with Crippen molar-refractivity contribution >= 4 is 35.6 Å². The Labute approximate surface area is 188 Å². The van der Waals surface area contributed by atoms with Crippen molar-refractivity contribution in [3.8, 4) is 5.75 Å². The zero-order chi connectivity index (χ0) is 23.4. The summed E-state index contributed by atoms with van der Waals surface area (Å²) < 4.78 is 5.69. The third-order valence-corrected chi connectivity index (χ3v) is 4.90. The van der Waals surface area contributed by atoms with Gasteiger partial charge in [-0.1, -0.05) is 54.6 Å². The molecule has 0 aliphatic carbocycles. The van der Waals surface area contributed by atoms with E-state index in [2.05, 4.69) is 5.32 Å². The second-order valence-electron chi connectivity index (χ2n) is 7.14. The lowest BCUT2D eigenvalue weighted by Crippen LogP contribution is -2.54. The highest BCUT2D eigenvalue weighted by Crippen LogP contribution is 2.22. The molecule has 4 amide bonds. The number of urea groups is 1. The molecular weight excluding hydrogens is 424 g/mol. The number of hydrogen-bond acceptors (Lipinski definition) is 6. The fourth-order valence-corrected chi connectivity index (χ4v) is 3.20. The Kier molecular flexibility index (Phi) is 5.99. The highest BCUT2D eigenvalue weighted by molar-refractivity contribution is 6.39. The van der Waals surface area contributed by atoms with Crippen LogP contribution in [0.15, 0.2) is 84.4 Å². The van der Waals surface area contributed by atoms with Crippen LogP contribution in [-0.2, 0) is 16.2 Å². The quantitative estimate of drug-likeness (QED) is 0.464. The summed E-state index contributed by atoms with van der Waals surface area (Å²) in [6, 6.07) is 20.4. The predicted octanol–water partition coefficient (Wildman–Crippen LogP) is 2.30. The van der Waals surface area contributed by atoms with E-state index in [-0.39, 0.29) is 17.7 Å². The fraction of sp³-hybridized carbons (Fsp3) is 0.0400. The largest absolute Gasteiger partial charge is 0.545 e. The van der Waals surface area contributed by atoms with E-state index in [1.165, 1.54) is 18.2 Å². The van der Waals surface area contributed by atoms with Crippen LogP contribution in [0.3, 0.4) is 0 Å². The van der Waals surface area contributed by atoms with Crippen molar-refractivity contribution in [1.29, 1.82) is 0 Å². The number of carboxylic acid groups (broad SMARTS) is 1. The SMILES string of the molecule is O=C1NC(=O)N(c2ccccc2)C(=O)/C1=C/c1ccc(OCc2ccc(C(=O)[O-])cc2)cc1. The van der Waals surface area contributed by atoms with Crippen LogP contribution in [0.25, 0.3) is 6.08 Å². The van der Waals surface area contributed by atoms with Crippen molar-refractivity contribution in [3.05, 3.63) is 101 Å². The molecule has 8 heteroatoms. The minimum atomic E-state index is -1.24. The first-order chi connectivity index (χ1) is 15.9. The predicted molar refractivity (Wildman–Crippen MR) is 117 cm³/mol. The lowest BCUT2D eigenvalue weighted by Gasteiger charge is -2.26. The summed E-state index contributed by atoms with van der Waals surface area (Å²) in [7, 11) is 0. The van der Waals surface area contributed by atoms with Crippen LogP contribution in [0, 0.1) is 0 Å². The van der Waals surface area contributed by atoms with E-state index >= 15 is 0 Å². The zero-order valence-electron chi connectivity index (χ0n) is 17.2. The van der Waals surface area contributed by atoms with Crippen LogP contribution in [0.4, 0.5) is 10.5 Å². The summed E-state index contributed by atoms with van der Waals surface area (Å²) in [4.78, 5) is 49.0. The highest BCUT2D eigenvalue weighted by atomic mass is 16.5. The molecule has 1 saturated heterocycles. The molecule has 8 nitrogen and oxygen atoms in total. The Morgan fingerprint density at radius 2 is 1.58 bits per heavy atom. The van der Waals surface area contributed by atoms with Gasteiger partial charge in [-0.05, 0) is 47.0 Å². The van der Waals surface area contributed by atoms with Crippen LogP contribution in [0.1, 0.15) is 21.5 Å². The number of anilines is 1. The minimum Gasteiger partial charge on any atom is -0.545 e. The monoisotopic (exact) mass is 441 g/mol.